The minimum atomic E-state index is -1.05. The van der Waals surface area contributed by atoms with Crippen molar-refractivity contribution in [2.45, 2.75) is 13.3 Å². The van der Waals surface area contributed by atoms with E-state index in [0.29, 0.717) is 28.2 Å². The van der Waals surface area contributed by atoms with Crippen molar-refractivity contribution >= 4 is 28.5 Å². The van der Waals surface area contributed by atoms with Crippen LogP contribution in [0.5, 0.6) is 0 Å². The third kappa shape index (κ3) is 3.10. The SMILES string of the molecule is Cc1cc(Cc2nc3cc(C(=O)O)ccc3c(=O)[nH]2)ccc1Cl. The molecule has 0 amide bonds. The molecule has 0 unspecified atom stereocenters. The van der Waals surface area contributed by atoms with E-state index in [-0.39, 0.29) is 11.1 Å². The second-order valence-corrected chi connectivity index (χ2v) is 5.72. The van der Waals surface area contributed by atoms with Gasteiger partial charge in [-0.05, 0) is 42.3 Å². The summed E-state index contributed by atoms with van der Waals surface area (Å²) in [5.74, 6) is -0.574. The molecule has 0 atom stereocenters. The number of nitrogens with one attached hydrogen (secondary N) is 1. The summed E-state index contributed by atoms with van der Waals surface area (Å²) in [7, 11) is 0. The second-order valence-electron chi connectivity index (χ2n) is 5.31. The smallest absolute Gasteiger partial charge is 0.335 e. The van der Waals surface area contributed by atoms with Gasteiger partial charge in [0.15, 0.2) is 0 Å². The van der Waals surface area contributed by atoms with Crippen LogP contribution in [0.3, 0.4) is 0 Å². The molecule has 116 valence electrons. The van der Waals surface area contributed by atoms with Crippen molar-refractivity contribution in [1.29, 1.82) is 0 Å². The van der Waals surface area contributed by atoms with Crippen LogP contribution in [-0.4, -0.2) is 21.0 Å². The van der Waals surface area contributed by atoms with Gasteiger partial charge in [-0.25, -0.2) is 9.78 Å². The highest BCUT2D eigenvalue weighted by Gasteiger charge is 2.09. The number of benzene rings is 2. The molecule has 0 aliphatic heterocycles. The predicted octanol–water partition coefficient (Wildman–Crippen LogP) is 3.17. The monoisotopic (exact) mass is 328 g/mol. The number of rotatable bonds is 3. The van der Waals surface area contributed by atoms with Crippen LogP contribution in [0.2, 0.25) is 5.02 Å². The maximum atomic E-state index is 12.1. The Morgan fingerprint density at radius 2 is 2.04 bits per heavy atom. The van der Waals surface area contributed by atoms with E-state index in [0.717, 1.165) is 11.1 Å². The maximum Gasteiger partial charge on any atom is 0.335 e. The second kappa shape index (κ2) is 5.85. The van der Waals surface area contributed by atoms with E-state index in [2.05, 4.69) is 9.97 Å². The number of hydrogen-bond donors (Lipinski definition) is 2. The minimum absolute atomic E-state index is 0.101. The molecule has 2 aromatic carbocycles. The molecule has 0 fully saturated rings. The van der Waals surface area contributed by atoms with Crippen LogP contribution in [0.1, 0.15) is 27.3 Å². The van der Waals surface area contributed by atoms with Gasteiger partial charge in [-0.2, -0.15) is 0 Å². The molecule has 6 heteroatoms. The summed E-state index contributed by atoms with van der Waals surface area (Å²) in [5.41, 5.74) is 2.09. The molecule has 2 N–H and O–H groups in total. The molecule has 0 saturated carbocycles. The van der Waals surface area contributed by atoms with E-state index in [1.165, 1.54) is 18.2 Å². The van der Waals surface area contributed by atoms with Gasteiger partial charge in [-0.1, -0.05) is 23.7 Å². The van der Waals surface area contributed by atoms with Crippen LogP contribution in [0.25, 0.3) is 10.9 Å². The molecule has 0 spiro atoms. The zero-order valence-electron chi connectivity index (χ0n) is 12.3. The van der Waals surface area contributed by atoms with E-state index in [1.54, 1.807) is 6.07 Å². The van der Waals surface area contributed by atoms with Crippen molar-refractivity contribution in [1.82, 2.24) is 9.97 Å². The Balaban J connectivity index is 2.05. The van der Waals surface area contributed by atoms with Crippen molar-refractivity contribution in [2.75, 3.05) is 0 Å². The number of aromatic carboxylic acids is 1. The first-order chi connectivity index (χ1) is 10.9. The average molecular weight is 329 g/mol. The summed E-state index contributed by atoms with van der Waals surface area (Å²) >= 11 is 6.00. The van der Waals surface area contributed by atoms with Gasteiger partial charge >= 0.3 is 5.97 Å². The highest BCUT2D eigenvalue weighted by atomic mass is 35.5. The summed E-state index contributed by atoms with van der Waals surface area (Å²) in [6.07, 6.45) is 0.431. The van der Waals surface area contributed by atoms with Crippen LogP contribution in [0.4, 0.5) is 0 Å². The molecule has 0 saturated heterocycles. The Kier molecular flexibility index (Phi) is 3.88. The lowest BCUT2D eigenvalue weighted by Crippen LogP contribution is -2.13. The van der Waals surface area contributed by atoms with Crippen LogP contribution in [-0.2, 0) is 6.42 Å². The predicted molar refractivity (Wildman–Crippen MR) is 88.3 cm³/mol. The fourth-order valence-corrected chi connectivity index (χ4v) is 2.53. The Bertz CT molecular complexity index is 979. The standard InChI is InChI=1S/C17H13ClN2O3/c1-9-6-10(2-5-13(9)18)7-15-19-14-8-11(17(22)23)3-4-12(14)16(21)20-15/h2-6,8H,7H2,1H3,(H,22,23)(H,19,20,21). The topological polar surface area (TPSA) is 83.0 Å². The van der Waals surface area contributed by atoms with Crippen LogP contribution in [0.15, 0.2) is 41.2 Å². The first-order valence-electron chi connectivity index (χ1n) is 6.95. The molecular weight excluding hydrogens is 316 g/mol. The van der Waals surface area contributed by atoms with Crippen molar-refractivity contribution < 1.29 is 9.90 Å². The maximum absolute atomic E-state index is 12.1. The molecular formula is C17H13ClN2O3. The first-order valence-corrected chi connectivity index (χ1v) is 7.33. The number of nitrogens with zero attached hydrogens (tertiary/aromatic N) is 1. The average Bonchev–Trinajstić information content (AvgIpc) is 2.50. The normalized spacial score (nSPS) is 10.9. The molecule has 0 bridgehead atoms. The van der Waals surface area contributed by atoms with Gasteiger partial charge < -0.3 is 10.1 Å². The highest BCUT2D eigenvalue weighted by molar-refractivity contribution is 6.31. The largest absolute Gasteiger partial charge is 0.478 e. The van der Waals surface area contributed by atoms with E-state index in [1.807, 2.05) is 19.1 Å². The third-order valence-electron chi connectivity index (χ3n) is 3.60. The molecule has 0 aliphatic rings. The van der Waals surface area contributed by atoms with E-state index in [4.69, 9.17) is 16.7 Å². The van der Waals surface area contributed by atoms with E-state index >= 15 is 0 Å². The molecule has 0 aliphatic carbocycles. The number of carboxylic acids is 1. The number of hydrogen-bond acceptors (Lipinski definition) is 3. The number of H-pyrrole nitrogens is 1. The van der Waals surface area contributed by atoms with Gasteiger partial charge in [0, 0.05) is 11.4 Å². The molecule has 5 nitrogen and oxygen atoms in total. The number of halogens is 1. The summed E-state index contributed by atoms with van der Waals surface area (Å²) in [6, 6.07) is 9.87. The zero-order valence-corrected chi connectivity index (χ0v) is 13.0. The molecule has 0 radical (unpaired) electrons. The number of aromatic nitrogens is 2. The summed E-state index contributed by atoms with van der Waals surface area (Å²) < 4.78 is 0. The van der Waals surface area contributed by atoms with Crippen molar-refractivity contribution in [3.63, 3.8) is 0 Å². The number of fused-ring (bicyclic) bond motifs is 1. The van der Waals surface area contributed by atoms with E-state index in [9.17, 15) is 9.59 Å². The lowest BCUT2D eigenvalue weighted by atomic mass is 10.1. The van der Waals surface area contributed by atoms with Crippen molar-refractivity contribution in [3.8, 4) is 0 Å². The molecule has 3 aromatic rings. The fraction of sp³-hybridized carbons (Fsp3) is 0.118. The van der Waals surface area contributed by atoms with Gasteiger partial charge in [-0.3, -0.25) is 4.79 Å². The Hall–Kier alpha value is -2.66. The lowest BCUT2D eigenvalue weighted by Gasteiger charge is -2.06. The van der Waals surface area contributed by atoms with Crippen molar-refractivity contribution in [2.24, 2.45) is 0 Å². The Morgan fingerprint density at radius 1 is 1.26 bits per heavy atom. The molecule has 1 aromatic heterocycles. The Labute approximate surface area is 136 Å². The van der Waals surface area contributed by atoms with Gasteiger partial charge in [0.2, 0.25) is 0 Å². The Morgan fingerprint density at radius 3 is 2.74 bits per heavy atom. The molecule has 1 heterocycles. The van der Waals surface area contributed by atoms with Gasteiger partial charge in [0.25, 0.3) is 5.56 Å². The summed E-state index contributed by atoms with van der Waals surface area (Å²) in [6.45, 7) is 1.90. The van der Waals surface area contributed by atoms with Gasteiger partial charge in [0.05, 0.1) is 16.5 Å². The lowest BCUT2D eigenvalue weighted by molar-refractivity contribution is 0.0697. The van der Waals surface area contributed by atoms with Crippen molar-refractivity contribution in [3.05, 3.63) is 74.3 Å². The number of aromatic amines is 1. The fourth-order valence-electron chi connectivity index (χ4n) is 2.41. The van der Waals surface area contributed by atoms with E-state index < -0.39 is 5.97 Å². The molecule has 3 rings (SSSR count). The van der Waals surface area contributed by atoms with Gasteiger partial charge in [-0.15, -0.1) is 0 Å². The molecule has 23 heavy (non-hydrogen) atoms. The van der Waals surface area contributed by atoms with Crippen LogP contribution >= 0.6 is 11.6 Å². The number of carbonyl (C=O) groups is 1. The minimum Gasteiger partial charge on any atom is -0.478 e. The van der Waals surface area contributed by atoms with Crippen LogP contribution in [0, 0.1) is 6.92 Å². The quantitative estimate of drug-likeness (QED) is 0.773. The first kappa shape index (κ1) is 15.2. The number of carboxylic acid groups (broad SMARTS) is 1. The summed E-state index contributed by atoms with van der Waals surface area (Å²) in [4.78, 5) is 30.3. The highest BCUT2D eigenvalue weighted by Crippen LogP contribution is 2.18. The third-order valence-corrected chi connectivity index (χ3v) is 4.02. The zero-order chi connectivity index (χ0) is 16.6. The number of aryl methyl sites for hydroxylation is 1. The van der Waals surface area contributed by atoms with Gasteiger partial charge in [0.1, 0.15) is 5.82 Å². The van der Waals surface area contributed by atoms with Crippen LogP contribution < -0.4 is 5.56 Å². The summed E-state index contributed by atoms with van der Waals surface area (Å²) in [5, 5.41) is 10.1.